The second kappa shape index (κ2) is 7.09. The van der Waals surface area contributed by atoms with Crippen LogP contribution >= 0.6 is 0 Å². The van der Waals surface area contributed by atoms with E-state index < -0.39 is 10.0 Å². The Bertz CT molecular complexity index is 753. The molecule has 0 saturated heterocycles. The molecule has 0 aromatic heterocycles. The number of sulfonamides is 1. The zero-order valence-electron chi connectivity index (χ0n) is 12.5. The van der Waals surface area contributed by atoms with Crippen LogP contribution in [0.4, 0.5) is 0 Å². The van der Waals surface area contributed by atoms with Crippen molar-refractivity contribution >= 4 is 16.2 Å². The summed E-state index contributed by atoms with van der Waals surface area (Å²) in [7, 11) is -3.68. The van der Waals surface area contributed by atoms with Crippen LogP contribution in [0.25, 0.3) is 0 Å². The van der Waals surface area contributed by atoms with Crippen LogP contribution in [0.1, 0.15) is 18.1 Å². The second-order valence-corrected chi connectivity index (χ2v) is 6.33. The molecule has 0 unspecified atom stereocenters. The summed E-state index contributed by atoms with van der Waals surface area (Å²) in [6.07, 6.45) is 1.47. The minimum Gasteiger partial charge on any atom is -0.494 e. The molecule has 2 aromatic carbocycles. The summed E-state index contributed by atoms with van der Waals surface area (Å²) in [4.78, 5) is 2.33. The topological polar surface area (TPSA) is 67.8 Å². The summed E-state index contributed by atoms with van der Waals surface area (Å²) < 4.78 is 29.5. The Labute approximate surface area is 130 Å². The molecule has 0 aliphatic rings. The third-order valence-electron chi connectivity index (χ3n) is 2.87. The maximum absolute atomic E-state index is 12.1. The monoisotopic (exact) mass is 318 g/mol. The zero-order valence-corrected chi connectivity index (χ0v) is 13.3. The number of nitrogens with zero attached hydrogens (tertiary/aromatic N) is 1. The van der Waals surface area contributed by atoms with E-state index in [1.165, 1.54) is 18.3 Å². The molecule has 6 heteroatoms. The third-order valence-corrected chi connectivity index (χ3v) is 4.11. The number of hydrazone groups is 1. The van der Waals surface area contributed by atoms with E-state index in [1.807, 2.05) is 38.1 Å². The van der Waals surface area contributed by atoms with Gasteiger partial charge in [0, 0.05) is 0 Å². The van der Waals surface area contributed by atoms with Gasteiger partial charge in [-0.2, -0.15) is 13.5 Å². The minimum absolute atomic E-state index is 0.136. The molecule has 0 radical (unpaired) electrons. The van der Waals surface area contributed by atoms with E-state index in [9.17, 15) is 8.42 Å². The Hall–Kier alpha value is -2.34. The molecule has 0 amide bonds. The summed E-state index contributed by atoms with van der Waals surface area (Å²) in [6, 6.07) is 13.8. The first-order valence-corrected chi connectivity index (χ1v) is 8.34. The van der Waals surface area contributed by atoms with Crippen molar-refractivity contribution in [2.45, 2.75) is 18.7 Å². The van der Waals surface area contributed by atoms with Crippen LogP contribution < -0.4 is 9.57 Å². The molecule has 22 heavy (non-hydrogen) atoms. The van der Waals surface area contributed by atoms with Gasteiger partial charge in [-0.25, -0.2) is 4.83 Å². The molecule has 2 rings (SSSR count). The Morgan fingerprint density at radius 2 is 1.91 bits per heavy atom. The summed E-state index contributed by atoms with van der Waals surface area (Å²) in [5.41, 5.74) is 1.91. The lowest BCUT2D eigenvalue weighted by Gasteiger charge is -2.05. The van der Waals surface area contributed by atoms with Crippen molar-refractivity contribution in [3.63, 3.8) is 0 Å². The molecule has 0 aliphatic carbocycles. The molecule has 116 valence electrons. The minimum atomic E-state index is -3.68. The average molecular weight is 318 g/mol. The highest BCUT2D eigenvalue weighted by Crippen LogP contribution is 2.15. The molecule has 0 heterocycles. The number of nitrogens with one attached hydrogen (secondary N) is 1. The third kappa shape index (κ3) is 4.33. The summed E-state index contributed by atoms with van der Waals surface area (Å²) >= 11 is 0. The molecule has 0 bridgehead atoms. The van der Waals surface area contributed by atoms with Gasteiger partial charge in [0.05, 0.1) is 17.7 Å². The lowest BCUT2D eigenvalue weighted by molar-refractivity contribution is 0.340. The van der Waals surface area contributed by atoms with E-state index >= 15 is 0 Å². The molecule has 0 aliphatic heterocycles. The Balaban J connectivity index is 2.07. The smallest absolute Gasteiger partial charge is 0.276 e. The number of hydrogen-bond acceptors (Lipinski definition) is 4. The van der Waals surface area contributed by atoms with Crippen molar-refractivity contribution in [3.8, 4) is 5.75 Å². The van der Waals surface area contributed by atoms with Crippen molar-refractivity contribution in [1.82, 2.24) is 4.83 Å². The molecule has 0 spiro atoms. The standard InChI is InChI=1S/C16H18N2O3S/c1-3-21-15-7-9-16(10-8-15)22(19,20)18-17-12-14-6-4-5-13(2)11-14/h4-12,18H,3H2,1-2H3. The van der Waals surface area contributed by atoms with Gasteiger partial charge in [-0.05, 0) is 43.7 Å². The number of hydrogen-bond donors (Lipinski definition) is 1. The highest BCUT2D eigenvalue weighted by Gasteiger charge is 2.12. The van der Waals surface area contributed by atoms with Crippen LogP contribution in [0, 0.1) is 6.92 Å². The van der Waals surface area contributed by atoms with Gasteiger partial charge in [0.25, 0.3) is 10.0 Å². The van der Waals surface area contributed by atoms with E-state index in [2.05, 4.69) is 9.93 Å². The predicted octanol–water partition coefficient (Wildman–Crippen LogP) is 2.71. The first-order chi connectivity index (χ1) is 10.5. The molecular weight excluding hydrogens is 300 g/mol. The first-order valence-electron chi connectivity index (χ1n) is 6.85. The highest BCUT2D eigenvalue weighted by atomic mass is 32.2. The van der Waals surface area contributed by atoms with E-state index in [0.29, 0.717) is 12.4 Å². The van der Waals surface area contributed by atoms with Gasteiger partial charge >= 0.3 is 0 Å². The zero-order chi connectivity index (χ0) is 16.0. The quantitative estimate of drug-likeness (QED) is 0.658. The fourth-order valence-electron chi connectivity index (χ4n) is 1.86. The van der Waals surface area contributed by atoms with Crippen molar-refractivity contribution in [3.05, 3.63) is 59.7 Å². The number of benzene rings is 2. The molecule has 2 aromatic rings. The van der Waals surface area contributed by atoms with Gasteiger partial charge in [0.1, 0.15) is 5.75 Å². The second-order valence-electron chi connectivity index (χ2n) is 4.67. The average Bonchev–Trinajstić information content (AvgIpc) is 2.48. The van der Waals surface area contributed by atoms with Gasteiger partial charge in [0.15, 0.2) is 0 Å². The Morgan fingerprint density at radius 1 is 1.18 bits per heavy atom. The van der Waals surface area contributed by atoms with Crippen molar-refractivity contribution in [2.24, 2.45) is 5.10 Å². The van der Waals surface area contributed by atoms with Crippen LogP contribution in [0.3, 0.4) is 0 Å². The number of rotatable bonds is 6. The molecular formula is C16H18N2O3S. The fraction of sp³-hybridized carbons (Fsp3) is 0.188. The van der Waals surface area contributed by atoms with E-state index in [0.717, 1.165) is 11.1 Å². The highest BCUT2D eigenvalue weighted by molar-refractivity contribution is 7.89. The Kier molecular flexibility index (Phi) is 5.16. The lowest BCUT2D eigenvalue weighted by Crippen LogP contribution is -2.18. The molecule has 5 nitrogen and oxygen atoms in total. The first kappa shape index (κ1) is 16.0. The van der Waals surface area contributed by atoms with Crippen LogP contribution in [0.15, 0.2) is 58.5 Å². The van der Waals surface area contributed by atoms with E-state index in [1.54, 1.807) is 12.1 Å². The van der Waals surface area contributed by atoms with E-state index in [4.69, 9.17) is 4.74 Å². The van der Waals surface area contributed by atoms with Crippen LogP contribution in [0.5, 0.6) is 5.75 Å². The summed E-state index contributed by atoms with van der Waals surface area (Å²) in [6.45, 7) is 4.36. The molecule has 0 saturated carbocycles. The number of ether oxygens (including phenoxy) is 1. The molecule has 0 fully saturated rings. The SMILES string of the molecule is CCOc1ccc(S(=O)(=O)NN=Cc2cccc(C)c2)cc1. The van der Waals surface area contributed by atoms with Crippen molar-refractivity contribution < 1.29 is 13.2 Å². The normalized spacial score (nSPS) is 11.5. The summed E-state index contributed by atoms with van der Waals surface area (Å²) in [5.74, 6) is 0.629. The summed E-state index contributed by atoms with van der Waals surface area (Å²) in [5, 5.41) is 3.80. The van der Waals surface area contributed by atoms with Crippen molar-refractivity contribution in [2.75, 3.05) is 6.61 Å². The maximum atomic E-state index is 12.1. The molecule has 0 atom stereocenters. The fourth-order valence-corrected chi connectivity index (χ4v) is 2.65. The number of aryl methyl sites for hydroxylation is 1. The van der Waals surface area contributed by atoms with E-state index in [-0.39, 0.29) is 4.90 Å². The largest absolute Gasteiger partial charge is 0.494 e. The van der Waals surface area contributed by atoms with Crippen LogP contribution in [-0.4, -0.2) is 21.2 Å². The van der Waals surface area contributed by atoms with Gasteiger partial charge in [-0.3, -0.25) is 0 Å². The van der Waals surface area contributed by atoms with Crippen LogP contribution in [0.2, 0.25) is 0 Å². The van der Waals surface area contributed by atoms with Gasteiger partial charge in [-0.15, -0.1) is 0 Å². The van der Waals surface area contributed by atoms with Gasteiger partial charge in [0.2, 0.25) is 0 Å². The van der Waals surface area contributed by atoms with Crippen molar-refractivity contribution in [1.29, 1.82) is 0 Å². The van der Waals surface area contributed by atoms with Gasteiger partial charge in [-0.1, -0.05) is 29.8 Å². The van der Waals surface area contributed by atoms with Gasteiger partial charge < -0.3 is 4.74 Å². The predicted molar refractivity (Wildman–Crippen MR) is 86.7 cm³/mol. The lowest BCUT2D eigenvalue weighted by atomic mass is 10.2. The molecule has 1 N–H and O–H groups in total. The maximum Gasteiger partial charge on any atom is 0.276 e. The van der Waals surface area contributed by atoms with Crippen LogP contribution in [-0.2, 0) is 10.0 Å². The Morgan fingerprint density at radius 3 is 2.55 bits per heavy atom.